The number of nitrogens with zero attached hydrogens (tertiary/aromatic N) is 1. The molecule has 0 aliphatic heterocycles. The fraction of sp³-hybridized carbons (Fsp3) is 0.231. The van der Waals surface area contributed by atoms with Gasteiger partial charge in [0.1, 0.15) is 5.75 Å². The van der Waals surface area contributed by atoms with Crippen molar-refractivity contribution in [3.8, 4) is 5.75 Å². The molecule has 0 aliphatic rings. The maximum Gasteiger partial charge on any atom is 0.337 e. The van der Waals surface area contributed by atoms with Gasteiger partial charge in [-0.05, 0) is 18.2 Å². The second kappa shape index (κ2) is 6.44. The number of hydrogen-bond acceptors (Lipinski definition) is 3. The van der Waals surface area contributed by atoms with E-state index in [2.05, 4.69) is 11.9 Å². The molecular weight excluding hydrogens is 248 g/mol. The number of likely N-dealkylation sites (N-methyl/N-ethyl adjacent to an activating group) is 1. The zero-order valence-electron chi connectivity index (χ0n) is 10.8. The molecule has 1 aromatic carbocycles. The lowest BCUT2D eigenvalue weighted by molar-refractivity contribution is 0.0697. The molecule has 0 spiro atoms. The fourth-order valence-electron chi connectivity index (χ4n) is 1.42. The number of anilines is 1. The SMILES string of the molecule is C=CCN(C)C(=O)Nc1ccc(OC)cc1C(=O)O. The Labute approximate surface area is 111 Å². The number of hydrogen-bond donors (Lipinski definition) is 2. The molecule has 0 saturated heterocycles. The van der Waals surface area contributed by atoms with Crippen LogP contribution in [0.2, 0.25) is 0 Å². The standard InChI is InChI=1S/C13H16N2O4/c1-4-7-15(2)13(18)14-11-6-5-9(19-3)8-10(11)12(16)17/h4-6,8H,1,7H2,2-3H3,(H,14,18)(H,16,17). The second-order valence-electron chi connectivity index (χ2n) is 3.82. The Morgan fingerprint density at radius 3 is 2.74 bits per heavy atom. The van der Waals surface area contributed by atoms with E-state index in [1.54, 1.807) is 19.2 Å². The van der Waals surface area contributed by atoms with Gasteiger partial charge in [0.2, 0.25) is 0 Å². The third-order valence-corrected chi connectivity index (χ3v) is 2.45. The molecule has 0 saturated carbocycles. The van der Waals surface area contributed by atoms with Crippen LogP contribution in [0.4, 0.5) is 10.5 Å². The topological polar surface area (TPSA) is 78.9 Å². The van der Waals surface area contributed by atoms with Crippen LogP contribution in [0.25, 0.3) is 0 Å². The number of amides is 2. The number of urea groups is 1. The average molecular weight is 264 g/mol. The molecule has 0 heterocycles. The number of carbonyl (C=O) groups is 2. The van der Waals surface area contributed by atoms with Gasteiger partial charge in [0.05, 0.1) is 18.4 Å². The van der Waals surface area contributed by atoms with Crippen LogP contribution >= 0.6 is 0 Å². The Hall–Kier alpha value is -2.50. The monoisotopic (exact) mass is 264 g/mol. The molecule has 0 radical (unpaired) electrons. The highest BCUT2D eigenvalue weighted by Crippen LogP contribution is 2.22. The first-order valence-corrected chi connectivity index (χ1v) is 5.54. The minimum absolute atomic E-state index is 0.0281. The highest BCUT2D eigenvalue weighted by Gasteiger charge is 2.15. The molecule has 6 nitrogen and oxygen atoms in total. The number of carboxylic acid groups (broad SMARTS) is 1. The van der Waals surface area contributed by atoms with E-state index >= 15 is 0 Å². The summed E-state index contributed by atoms with van der Waals surface area (Å²) >= 11 is 0. The van der Waals surface area contributed by atoms with E-state index < -0.39 is 12.0 Å². The molecule has 0 atom stereocenters. The lowest BCUT2D eigenvalue weighted by atomic mass is 10.1. The van der Waals surface area contributed by atoms with Crippen molar-refractivity contribution >= 4 is 17.7 Å². The Morgan fingerprint density at radius 2 is 2.21 bits per heavy atom. The molecule has 0 aliphatic carbocycles. The molecule has 0 bridgehead atoms. The maximum absolute atomic E-state index is 11.8. The summed E-state index contributed by atoms with van der Waals surface area (Å²) < 4.78 is 4.95. The third kappa shape index (κ3) is 3.74. The van der Waals surface area contributed by atoms with Crippen LogP contribution in [0.15, 0.2) is 30.9 Å². The minimum atomic E-state index is -1.14. The molecule has 0 unspecified atom stereocenters. The molecule has 0 aromatic heterocycles. The normalized spacial score (nSPS) is 9.58. The van der Waals surface area contributed by atoms with Gasteiger partial charge in [-0.2, -0.15) is 0 Å². The summed E-state index contributed by atoms with van der Waals surface area (Å²) in [7, 11) is 3.03. The Bertz CT molecular complexity index is 499. The molecule has 1 rings (SSSR count). The zero-order chi connectivity index (χ0) is 14.4. The predicted octanol–water partition coefficient (Wildman–Crippen LogP) is 2.04. The number of carbonyl (C=O) groups excluding carboxylic acids is 1. The number of methoxy groups -OCH3 is 1. The highest BCUT2D eigenvalue weighted by atomic mass is 16.5. The molecular formula is C13H16N2O4. The second-order valence-corrected chi connectivity index (χ2v) is 3.82. The summed E-state index contributed by atoms with van der Waals surface area (Å²) in [6.45, 7) is 3.89. The summed E-state index contributed by atoms with van der Waals surface area (Å²) in [4.78, 5) is 24.3. The summed E-state index contributed by atoms with van der Waals surface area (Å²) in [5, 5.41) is 11.6. The van der Waals surface area contributed by atoms with Crippen molar-refractivity contribution in [2.24, 2.45) is 0 Å². The van der Waals surface area contributed by atoms with Crippen LogP contribution in [0.1, 0.15) is 10.4 Å². The first kappa shape index (κ1) is 14.6. The van der Waals surface area contributed by atoms with E-state index in [9.17, 15) is 9.59 Å². The summed E-state index contributed by atoms with van der Waals surface area (Å²) in [6, 6.07) is 4.01. The Morgan fingerprint density at radius 1 is 1.53 bits per heavy atom. The predicted molar refractivity (Wildman–Crippen MR) is 71.8 cm³/mol. The van der Waals surface area contributed by atoms with Gasteiger partial charge in [-0.3, -0.25) is 0 Å². The van der Waals surface area contributed by atoms with Gasteiger partial charge in [-0.1, -0.05) is 6.08 Å². The van der Waals surface area contributed by atoms with Crippen molar-refractivity contribution in [1.29, 1.82) is 0 Å². The molecule has 6 heteroatoms. The van der Waals surface area contributed by atoms with Crippen LogP contribution in [0, 0.1) is 0 Å². The van der Waals surface area contributed by atoms with Gasteiger partial charge in [-0.25, -0.2) is 9.59 Å². The van der Waals surface area contributed by atoms with Gasteiger partial charge >= 0.3 is 12.0 Å². The number of rotatable bonds is 5. The van der Waals surface area contributed by atoms with Gasteiger partial charge < -0.3 is 20.1 Å². The van der Waals surface area contributed by atoms with E-state index in [0.29, 0.717) is 12.3 Å². The molecule has 2 amide bonds. The van der Waals surface area contributed by atoms with E-state index in [0.717, 1.165) is 0 Å². The summed E-state index contributed by atoms with van der Waals surface area (Å²) in [5.41, 5.74) is 0.189. The van der Waals surface area contributed by atoms with Gasteiger partial charge in [0.15, 0.2) is 0 Å². The average Bonchev–Trinajstić information content (AvgIpc) is 2.39. The lowest BCUT2D eigenvalue weighted by Crippen LogP contribution is -2.31. The van der Waals surface area contributed by atoms with Gasteiger partial charge in [-0.15, -0.1) is 6.58 Å². The van der Waals surface area contributed by atoms with Crippen LogP contribution in [-0.2, 0) is 0 Å². The van der Waals surface area contributed by atoms with Crippen LogP contribution in [0.3, 0.4) is 0 Å². The summed E-state index contributed by atoms with van der Waals surface area (Å²) in [5.74, 6) is -0.726. The van der Waals surface area contributed by atoms with Crippen molar-refractivity contribution in [1.82, 2.24) is 4.90 Å². The third-order valence-electron chi connectivity index (χ3n) is 2.45. The molecule has 0 fully saturated rings. The van der Waals surface area contributed by atoms with Crippen LogP contribution in [0.5, 0.6) is 5.75 Å². The van der Waals surface area contributed by atoms with Crippen molar-refractivity contribution in [2.75, 3.05) is 26.0 Å². The first-order chi connectivity index (χ1) is 8.99. The molecule has 1 aromatic rings. The minimum Gasteiger partial charge on any atom is -0.497 e. The highest BCUT2D eigenvalue weighted by molar-refractivity contribution is 6.00. The maximum atomic E-state index is 11.8. The number of aromatic carboxylic acids is 1. The zero-order valence-corrected chi connectivity index (χ0v) is 10.8. The number of benzene rings is 1. The Kier molecular flexibility index (Phi) is 4.93. The quantitative estimate of drug-likeness (QED) is 0.798. The van der Waals surface area contributed by atoms with Crippen molar-refractivity contribution in [2.45, 2.75) is 0 Å². The largest absolute Gasteiger partial charge is 0.497 e. The van der Waals surface area contributed by atoms with Gasteiger partial charge in [0, 0.05) is 13.6 Å². The molecule has 102 valence electrons. The van der Waals surface area contributed by atoms with E-state index in [-0.39, 0.29) is 11.3 Å². The smallest absolute Gasteiger partial charge is 0.337 e. The van der Waals surface area contributed by atoms with E-state index in [1.165, 1.54) is 24.1 Å². The number of ether oxygens (including phenoxy) is 1. The lowest BCUT2D eigenvalue weighted by Gasteiger charge is -2.17. The van der Waals surface area contributed by atoms with Crippen LogP contribution in [-0.4, -0.2) is 42.7 Å². The van der Waals surface area contributed by atoms with Crippen molar-refractivity contribution in [3.05, 3.63) is 36.4 Å². The van der Waals surface area contributed by atoms with E-state index in [1.807, 2.05) is 0 Å². The molecule has 2 N–H and O–H groups in total. The van der Waals surface area contributed by atoms with Gasteiger partial charge in [0.25, 0.3) is 0 Å². The van der Waals surface area contributed by atoms with Crippen molar-refractivity contribution in [3.63, 3.8) is 0 Å². The number of nitrogens with one attached hydrogen (secondary N) is 1. The van der Waals surface area contributed by atoms with Crippen LogP contribution < -0.4 is 10.1 Å². The molecule has 19 heavy (non-hydrogen) atoms. The number of carboxylic acids is 1. The van der Waals surface area contributed by atoms with E-state index in [4.69, 9.17) is 9.84 Å². The van der Waals surface area contributed by atoms with Crippen molar-refractivity contribution < 1.29 is 19.4 Å². The summed E-state index contributed by atoms with van der Waals surface area (Å²) in [6.07, 6.45) is 1.58. The fourth-order valence-corrected chi connectivity index (χ4v) is 1.42. The Balaban J connectivity index is 2.97. The first-order valence-electron chi connectivity index (χ1n) is 5.54.